The van der Waals surface area contributed by atoms with E-state index in [1.54, 1.807) is 23.2 Å². The normalized spacial score (nSPS) is 11.8. The summed E-state index contributed by atoms with van der Waals surface area (Å²) in [5.74, 6) is -0.0382. The molecule has 0 unspecified atom stereocenters. The van der Waals surface area contributed by atoms with Crippen molar-refractivity contribution in [3.05, 3.63) is 63.9 Å². The topological polar surface area (TPSA) is 73.1 Å². The summed E-state index contributed by atoms with van der Waals surface area (Å²) in [5, 5.41) is 1.69. The second-order valence-corrected chi connectivity index (χ2v) is 8.79. The molecule has 0 atom stereocenters. The lowest BCUT2D eigenvalue weighted by atomic mass is 10.1. The molecule has 0 amide bonds. The van der Waals surface area contributed by atoms with Gasteiger partial charge in [-0.15, -0.1) is 11.3 Å². The van der Waals surface area contributed by atoms with Crippen LogP contribution in [-0.4, -0.2) is 17.8 Å². The molecule has 0 bridgehead atoms. The minimum Gasteiger partial charge on any atom is -0.283 e. The number of nitrogens with zero attached hydrogens (tertiary/aromatic N) is 2. The number of para-hydroxylation sites is 1. The third-order valence-corrected chi connectivity index (χ3v) is 6.60. The third-order valence-electron chi connectivity index (χ3n) is 3.86. The van der Waals surface area contributed by atoms with Gasteiger partial charge in [-0.2, -0.15) is 0 Å². The minimum atomic E-state index is -3.79. The number of hydrogen-bond acceptors (Lipinski definition) is 4. The number of hydrogen-bond donors (Lipinski definition) is 1. The standard InChI is InChI=1S/C17H19N3O3S2/c1-12(2)16-15(18-25(22,23)14-10-7-11-24-14)17(21)20(19(16)3)13-8-5-4-6-9-13/h4-12,18H,1-3H3. The first-order valence-electron chi connectivity index (χ1n) is 7.76. The number of nitrogens with one attached hydrogen (secondary N) is 1. The first-order chi connectivity index (χ1) is 11.8. The fraction of sp³-hybridized carbons (Fsp3) is 0.235. The quantitative estimate of drug-likeness (QED) is 0.742. The van der Waals surface area contributed by atoms with E-state index in [2.05, 4.69) is 4.72 Å². The molecule has 0 fully saturated rings. The van der Waals surface area contributed by atoms with Crippen LogP contribution in [0.15, 0.2) is 56.8 Å². The molecule has 0 radical (unpaired) electrons. The maximum Gasteiger partial charge on any atom is 0.296 e. The van der Waals surface area contributed by atoms with Gasteiger partial charge in [0.1, 0.15) is 9.90 Å². The van der Waals surface area contributed by atoms with Gasteiger partial charge in [-0.05, 0) is 29.5 Å². The van der Waals surface area contributed by atoms with Crippen molar-refractivity contribution in [2.75, 3.05) is 4.72 Å². The molecule has 132 valence electrons. The van der Waals surface area contributed by atoms with E-state index in [0.717, 1.165) is 11.3 Å². The van der Waals surface area contributed by atoms with Crippen molar-refractivity contribution in [1.29, 1.82) is 0 Å². The molecule has 1 N–H and O–H groups in total. The van der Waals surface area contributed by atoms with Crippen molar-refractivity contribution in [3.8, 4) is 5.69 Å². The van der Waals surface area contributed by atoms with Gasteiger partial charge in [-0.25, -0.2) is 13.1 Å². The molecule has 3 aromatic rings. The highest BCUT2D eigenvalue weighted by molar-refractivity contribution is 7.94. The number of anilines is 1. The van der Waals surface area contributed by atoms with Gasteiger partial charge in [0.05, 0.1) is 11.4 Å². The van der Waals surface area contributed by atoms with Crippen LogP contribution in [-0.2, 0) is 17.1 Å². The van der Waals surface area contributed by atoms with E-state index < -0.39 is 15.6 Å². The van der Waals surface area contributed by atoms with Crippen LogP contribution in [0.5, 0.6) is 0 Å². The highest BCUT2D eigenvalue weighted by Gasteiger charge is 2.26. The zero-order valence-electron chi connectivity index (χ0n) is 14.1. The summed E-state index contributed by atoms with van der Waals surface area (Å²) in [7, 11) is -2.04. The maximum atomic E-state index is 13.0. The fourth-order valence-electron chi connectivity index (χ4n) is 2.84. The summed E-state index contributed by atoms with van der Waals surface area (Å²) >= 11 is 1.11. The second kappa shape index (κ2) is 6.53. The Hall–Kier alpha value is -2.32. The Morgan fingerprint density at radius 3 is 2.32 bits per heavy atom. The molecule has 0 aliphatic rings. The summed E-state index contributed by atoms with van der Waals surface area (Å²) in [4.78, 5) is 13.0. The molecule has 6 nitrogen and oxygen atoms in total. The smallest absolute Gasteiger partial charge is 0.283 e. The Bertz CT molecular complexity index is 1030. The monoisotopic (exact) mass is 377 g/mol. The van der Waals surface area contributed by atoms with Crippen molar-refractivity contribution in [2.24, 2.45) is 7.05 Å². The van der Waals surface area contributed by atoms with Gasteiger partial charge < -0.3 is 0 Å². The van der Waals surface area contributed by atoms with Crippen LogP contribution >= 0.6 is 11.3 Å². The molecule has 0 spiro atoms. The molecule has 3 rings (SSSR count). The summed E-state index contributed by atoms with van der Waals surface area (Å²) in [6, 6.07) is 12.3. The number of thiophene rings is 1. The summed E-state index contributed by atoms with van der Waals surface area (Å²) < 4.78 is 31.0. The SMILES string of the molecule is CC(C)c1c(NS(=O)(=O)c2cccs2)c(=O)n(-c2ccccc2)n1C. The zero-order chi connectivity index (χ0) is 18.2. The molecule has 0 aliphatic carbocycles. The van der Waals surface area contributed by atoms with Gasteiger partial charge in [0.25, 0.3) is 15.6 Å². The van der Waals surface area contributed by atoms with Crippen molar-refractivity contribution >= 4 is 27.0 Å². The lowest BCUT2D eigenvalue weighted by Crippen LogP contribution is -2.22. The Morgan fingerprint density at radius 1 is 1.08 bits per heavy atom. The van der Waals surface area contributed by atoms with Crippen LogP contribution in [0.25, 0.3) is 5.69 Å². The van der Waals surface area contributed by atoms with E-state index in [0.29, 0.717) is 11.4 Å². The predicted molar refractivity (Wildman–Crippen MR) is 100 cm³/mol. The molecule has 2 aromatic heterocycles. The minimum absolute atomic E-state index is 0.0382. The lowest BCUT2D eigenvalue weighted by molar-refractivity contribution is 0.594. The molecule has 8 heteroatoms. The first-order valence-corrected chi connectivity index (χ1v) is 10.1. The molecule has 25 heavy (non-hydrogen) atoms. The Labute approximate surface area is 150 Å². The van der Waals surface area contributed by atoms with Crippen LogP contribution in [0.1, 0.15) is 25.5 Å². The van der Waals surface area contributed by atoms with Gasteiger partial charge in [0.2, 0.25) is 0 Å². The van der Waals surface area contributed by atoms with E-state index in [4.69, 9.17) is 0 Å². The number of sulfonamides is 1. The van der Waals surface area contributed by atoms with Gasteiger partial charge >= 0.3 is 0 Å². The molecule has 2 heterocycles. The average molecular weight is 377 g/mol. The van der Waals surface area contributed by atoms with Crippen molar-refractivity contribution in [1.82, 2.24) is 9.36 Å². The fourth-order valence-corrected chi connectivity index (χ4v) is 4.91. The van der Waals surface area contributed by atoms with Crippen LogP contribution in [0.4, 0.5) is 5.69 Å². The van der Waals surface area contributed by atoms with Crippen LogP contribution in [0, 0.1) is 0 Å². The van der Waals surface area contributed by atoms with E-state index in [-0.39, 0.29) is 15.8 Å². The highest BCUT2D eigenvalue weighted by Crippen LogP contribution is 2.26. The lowest BCUT2D eigenvalue weighted by Gasteiger charge is -2.13. The summed E-state index contributed by atoms with van der Waals surface area (Å²) in [6.45, 7) is 3.85. The zero-order valence-corrected chi connectivity index (χ0v) is 15.8. The second-order valence-electron chi connectivity index (χ2n) is 5.93. The Morgan fingerprint density at radius 2 is 1.76 bits per heavy atom. The number of rotatable bonds is 5. The van der Waals surface area contributed by atoms with Crippen molar-refractivity contribution in [2.45, 2.75) is 24.0 Å². The average Bonchev–Trinajstić information content (AvgIpc) is 3.17. The van der Waals surface area contributed by atoms with Crippen LogP contribution in [0.3, 0.4) is 0 Å². The predicted octanol–water partition coefficient (Wildman–Crippen LogP) is 3.16. The summed E-state index contributed by atoms with van der Waals surface area (Å²) in [6.07, 6.45) is 0. The molecular formula is C17H19N3O3S2. The van der Waals surface area contributed by atoms with Gasteiger partial charge in [-0.3, -0.25) is 14.2 Å². The molecule has 0 saturated carbocycles. The molecule has 0 aliphatic heterocycles. The Balaban J connectivity index is 2.19. The number of benzene rings is 1. The summed E-state index contributed by atoms with van der Waals surface area (Å²) in [5.41, 5.74) is 1.01. The largest absolute Gasteiger partial charge is 0.296 e. The molecular weight excluding hydrogens is 358 g/mol. The van der Waals surface area contributed by atoms with Gasteiger partial charge in [0, 0.05) is 7.05 Å². The van der Waals surface area contributed by atoms with E-state index in [1.165, 1.54) is 10.7 Å². The van der Waals surface area contributed by atoms with Crippen LogP contribution < -0.4 is 10.3 Å². The van der Waals surface area contributed by atoms with Crippen molar-refractivity contribution in [3.63, 3.8) is 0 Å². The van der Waals surface area contributed by atoms with E-state index in [1.807, 2.05) is 44.2 Å². The number of aromatic nitrogens is 2. The Kier molecular flexibility index (Phi) is 4.57. The van der Waals surface area contributed by atoms with E-state index in [9.17, 15) is 13.2 Å². The van der Waals surface area contributed by atoms with E-state index >= 15 is 0 Å². The maximum absolute atomic E-state index is 13.0. The van der Waals surface area contributed by atoms with Crippen LogP contribution in [0.2, 0.25) is 0 Å². The highest BCUT2D eigenvalue weighted by atomic mass is 32.2. The molecule has 1 aromatic carbocycles. The first kappa shape index (κ1) is 17.5. The van der Waals surface area contributed by atoms with Gasteiger partial charge in [-0.1, -0.05) is 38.1 Å². The van der Waals surface area contributed by atoms with Crippen molar-refractivity contribution < 1.29 is 8.42 Å². The third kappa shape index (κ3) is 3.14. The molecule has 0 saturated heterocycles. The van der Waals surface area contributed by atoms with Gasteiger partial charge in [0.15, 0.2) is 0 Å².